The standard InChI is InChI=1S/C17H24F2N4O/c1-10-6-15(21-17(2,3)9-24)23-14(20-10)8-13(22-23)11-4-5-12(7-11)16(18)19/h6,8,11-12,16,21,24H,4-5,7,9H2,1-3H3/t11-,12?/m1/s1. The summed E-state index contributed by atoms with van der Waals surface area (Å²) in [6.07, 6.45) is -0.491. The highest BCUT2D eigenvalue weighted by molar-refractivity contribution is 5.52. The Hall–Kier alpha value is -1.76. The monoisotopic (exact) mass is 338 g/mol. The van der Waals surface area contributed by atoms with Crippen LogP contribution in [0.3, 0.4) is 0 Å². The number of aryl methyl sites for hydroxylation is 1. The molecule has 1 unspecified atom stereocenters. The first-order chi connectivity index (χ1) is 11.3. The fourth-order valence-electron chi connectivity index (χ4n) is 3.31. The van der Waals surface area contributed by atoms with Crippen LogP contribution in [0.15, 0.2) is 12.1 Å². The van der Waals surface area contributed by atoms with E-state index in [1.807, 2.05) is 32.9 Å². The summed E-state index contributed by atoms with van der Waals surface area (Å²) in [6, 6.07) is 3.76. The van der Waals surface area contributed by atoms with Gasteiger partial charge < -0.3 is 10.4 Å². The van der Waals surface area contributed by atoms with E-state index in [0.29, 0.717) is 18.5 Å². The maximum Gasteiger partial charge on any atom is 0.241 e. The number of hydrogen-bond donors (Lipinski definition) is 2. The van der Waals surface area contributed by atoms with Crippen molar-refractivity contribution in [2.75, 3.05) is 11.9 Å². The zero-order chi connectivity index (χ0) is 17.5. The van der Waals surface area contributed by atoms with Gasteiger partial charge in [0, 0.05) is 29.7 Å². The van der Waals surface area contributed by atoms with E-state index >= 15 is 0 Å². The van der Waals surface area contributed by atoms with E-state index in [1.165, 1.54) is 0 Å². The van der Waals surface area contributed by atoms with Crippen LogP contribution in [0.2, 0.25) is 0 Å². The van der Waals surface area contributed by atoms with Crippen LogP contribution in [0.1, 0.15) is 50.4 Å². The van der Waals surface area contributed by atoms with Gasteiger partial charge in [0.1, 0.15) is 5.82 Å². The molecule has 5 nitrogen and oxygen atoms in total. The number of alkyl halides is 2. The molecule has 0 radical (unpaired) electrons. The van der Waals surface area contributed by atoms with E-state index in [9.17, 15) is 13.9 Å². The van der Waals surface area contributed by atoms with Crippen molar-refractivity contribution in [1.29, 1.82) is 0 Å². The zero-order valence-electron chi connectivity index (χ0n) is 14.3. The van der Waals surface area contributed by atoms with Gasteiger partial charge in [-0.3, -0.25) is 0 Å². The van der Waals surface area contributed by atoms with Gasteiger partial charge in [0.15, 0.2) is 5.65 Å². The number of aromatic nitrogens is 3. The molecule has 7 heteroatoms. The van der Waals surface area contributed by atoms with Gasteiger partial charge in [-0.25, -0.2) is 13.8 Å². The molecule has 2 aromatic rings. The number of aliphatic hydroxyl groups is 1. The van der Waals surface area contributed by atoms with E-state index in [2.05, 4.69) is 15.4 Å². The minimum atomic E-state index is -2.25. The van der Waals surface area contributed by atoms with Crippen LogP contribution < -0.4 is 5.32 Å². The Bertz CT molecular complexity index is 729. The van der Waals surface area contributed by atoms with Crippen molar-refractivity contribution >= 4 is 11.5 Å². The normalized spacial score (nSPS) is 21.8. The Balaban J connectivity index is 1.93. The number of aliphatic hydroxyl groups excluding tert-OH is 1. The van der Waals surface area contributed by atoms with Gasteiger partial charge in [0.2, 0.25) is 6.43 Å². The second-order valence-electron chi connectivity index (χ2n) is 7.39. The Kier molecular flexibility index (Phi) is 4.46. The van der Waals surface area contributed by atoms with Crippen LogP contribution >= 0.6 is 0 Å². The summed E-state index contributed by atoms with van der Waals surface area (Å²) in [4.78, 5) is 4.49. The van der Waals surface area contributed by atoms with Gasteiger partial charge in [0.25, 0.3) is 0 Å². The van der Waals surface area contributed by atoms with Gasteiger partial charge in [-0.2, -0.15) is 9.61 Å². The van der Waals surface area contributed by atoms with Gasteiger partial charge in [0.05, 0.1) is 17.8 Å². The average Bonchev–Trinajstić information content (AvgIpc) is 3.12. The van der Waals surface area contributed by atoms with E-state index in [-0.39, 0.29) is 12.5 Å². The van der Waals surface area contributed by atoms with Crippen molar-refractivity contribution in [2.24, 2.45) is 5.92 Å². The van der Waals surface area contributed by atoms with Crippen molar-refractivity contribution in [2.45, 2.75) is 57.9 Å². The van der Waals surface area contributed by atoms with Crippen LogP contribution in [0, 0.1) is 12.8 Å². The summed E-state index contributed by atoms with van der Waals surface area (Å²) >= 11 is 0. The van der Waals surface area contributed by atoms with E-state index in [1.54, 1.807) is 4.52 Å². The van der Waals surface area contributed by atoms with Gasteiger partial charge in [-0.05, 0) is 40.0 Å². The third-order valence-electron chi connectivity index (χ3n) is 4.68. The fraction of sp³-hybridized carbons (Fsp3) is 0.647. The van der Waals surface area contributed by atoms with Crippen LogP contribution in [0.4, 0.5) is 14.6 Å². The Morgan fingerprint density at radius 1 is 1.38 bits per heavy atom. The molecule has 0 aliphatic heterocycles. The Morgan fingerprint density at radius 2 is 2.12 bits per heavy atom. The third-order valence-corrected chi connectivity index (χ3v) is 4.68. The maximum absolute atomic E-state index is 12.9. The molecule has 132 valence electrons. The molecule has 2 N–H and O–H groups in total. The lowest BCUT2D eigenvalue weighted by Gasteiger charge is -2.25. The molecular weight excluding hydrogens is 314 g/mol. The zero-order valence-corrected chi connectivity index (χ0v) is 14.3. The molecule has 1 aliphatic carbocycles. The highest BCUT2D eigenvalue weighted by Crippen LogP contribution is 2.40. The van der Waals surface area contributed by atoms with Crippen LogP contribution in [-0.4, -0.2) is 38.3 Å². The quantitative estimate of drug-likeness (QED) is 0.877. The molecule has 2 atom stereocenters. The van der Waals surface area contributed by atoms with Crippen molar-refractivity contribution < 1.29 is 13.9 Å². The Labute approximate surface area is 140 Å². The van der Waals surface area contributed by atoms with Crippen LogP contribution in [-0.2, 0) is 0 Å². The number of nitrogens with zero attached hydrogens (tertiary/aromatic N) is 3. The van der Waals surface area contributed by atoms with E-state index < -0.39 is 17.9 Å². The van der Waals surface area contributed by atoms with Gasteiger partial charge >= 0.3 is 0 Å². The lowest BCUT2D eigenvalue weighted by atomic mass is 10.0. The minimum Gasteiger partial charge on any atom is -0.394 e. The van der Waals surface area contributed by atoms with Crippen molar-refractivity contribution in [1.82, 2.24) is 14.6 Å². The summed E-state index contributed by atoms with van der Waals surface area (Å²) in [5.74, 6) is 0.274. The minimum absolute atomic E-state index is 0.0251. The predicted molar refractivity (Wildman–Crippen MR) is 88.6 cm³/mol. The lowest BCUT2D eigenvalue weighted by Crippen LogP contribution is -2.35. The van der Waals surface area contributed by atoms with Crippen molar-refractivity contribution in [3.8, 4) is 0 Å². The number of fused-ring (bicyclic) bond motifs is 1. The highest BCUT2D eigenvalue weighted by atomic mass is 19.3. The summed E-state index contributed by atoms with van der Waals surface area (Å²) in [7, 11) is 0. The lowest BCUT2D eigenvalue weighted by molar-refractivity contribution is 0.0798. The SMILES string of the molecule is Cc1cc(NC(C)(C)CO)n2nc([C@@H]3CCC(C(F)F)C3)cc2n1. The summed E-state index contributed by atoms with van der Waals surface area (Å²) in [5.41, 5.74) is 1.85. The molecular formula is C17H24F2N4O. The first-order valence-corrected chi connectivity index (χ1v) is 8.33. The molecule has 3 rings (SSSR count). The molecule has 0 amide bonds. The van der Waals surface area contributed by atoms with Gasteiger partial charge in [-0.15, -0.1) is 0 Å². The van der Waals surface area contributed by atoms with Crippen LogP contribution in [0.25, 0.3) is 5.65 Å². The molecule has 24 heavy (non-hydrogen) atoms. The molecule has 2 aromatic heterocycles. The fourth-order valence-corrected chi connectivity index (χ4v) is 3.31. The Morgan fingerprint density at radius 3 is 2.75 bits per heavy atom. The number of nitrogens with one attached hydrogen (secondary N) is 1. The van der Waals surface area contributed by atoms with Crippen LogP contribution in [0.5, 0.6) is 0 Å². The summed E-state index contributed by atoms with van der Waals surface area (Å²) in [5, 5.41) is 17.4. The summed E-state index contributed by atoms with van der Waals surface area (Å²) in [6.45, 7) is 5.65. The van der Waals surface area contributed by atoms with E-state index in [4.69, 9.17) is 0 Å². The van der Waals surface area contributed by atoms with Crippen molar-refractivity contribution in [3.05, 3.63) is 23.5 Å². The third kappa shape index (κ3) is 3.36. The number of halogens is 2. The first kappa shape index (κ1) is 17.1. The molecule has 0 bridgehead atoms. The summed E-state index contributed by atoms with van der Waals surface area (Å²) < 4.78 is 27.5. The average molecular weight is 338 g/mol. The molecule has 0 spiro atoms. The maximum atomic E-state index is 12.9. The van der Waals surface area contributed by atoms with Crippen molar-refractivity contribution in [3.63, 3.8) is 0 Å². The second kappa shape index (κ2) is 6.27. The molecule has 2 heterocycles. The number of anilines is 1. The van der Waals surface area contributed by atoms with Gasteiger partial charge in [-0.1, -0.05) is 0 Å². The predicted octanol–water partition coefficient (Wildman–Crippen LogP) is 3.37. The molecule has 1 saturated carbocycles. The molecule has 1 aliphatic rings. The molecule has 0 saturated heterocycles. The first-order valence-electron chi connectivity index (χ1n) is 8.33. The second-order valence-corrected chi connectivity index (χ2v) is 7.39. The smallest absolute Gasteiger partial charge is 0.241 e. The van der Waals surface area contributed by atoms with E-state index in [0.717, 1.165) is 23.6 Å². The topological polar surface area (TPSA) is 62.5 Å². The number of hydrogen-bond acceptors (Lipinski definition) is 4. The largest absolute Gasteiger partial charge is 0.394 e. The molecule has 0 aromatic carbocycles. The molecule has 1 fully saturated rings. The highest BCUT2D eigenvalue weighted by Gasteiger charge is 2.33. The number of rotatable bonds is 5.